The second-order valence-corrected chi connectivity index (χ2v) is 6.19. The lowest BCUT2D eigenvalue weighted by Gasteiger charge is -2.32. The molecule has 0 atom stereocenters. The summed E-state index contributed by atoms with van der Waals surface area (Å²) in [5.74, 6) is 1.16. The highest BCUT2D eigenvalue weighted by atomic mass is 35.5. The molecule has 2 rings (SSSR count). The maximum atomic E-state index is 11.0. The van der Waals surface area contributed by atoms with E-state index in [1.165, 1.54) is 31.7 Å². The van der Waals surface area contributed by atoms with Crippen molar-refractivity contribution in [3.63, 3.8) is 0 Å². The Morgan fingerprint density at radius 3 is 2.39 bits per heavy atom. The molecule has 0 aliphatic carbocycles. The minimum Gasteiger partial charge on any atom is -0.494 e. The fourth-order valence-corrected chi connectivity index (χ4v) is 2.62. The molecule has 0 aromatic heterocycles. The number of rotatable bonds is 8. The van der Waals surface area contributed by atoms with Crippen molar-refractivity contribution in [1.29, 1.82) is 0 Å². The van der Waals surface area contributed by atoms with E-state index in [1.54, 1.807) is 6.92 Å². The van der Waals surface area contributed by atoms with Crippen molar-refractivity contribution in [1.82, 2.24) is 9.80 Å². The van der Waals surface area contributed by atoms with Crippen LogP contribution in [0.1, 0.15) is 25.3 Å². The van der Waals surface area contributed by atoms with Gasteiger partial charge in [0.1, 0.15) is 11.5 Å². The SMILES string of the molecule is CC(=O)CCc1ccc(OCCCN2CCN(C)CC2)cc1.Cl. The van der Waals surface area contributed by atoms with Crippen LogP contribution in [0.3, 0.4) is 0 Å². The van der Waals surface area contributed by atoms with Gasteiger partial charge in [-0.3, -0.25) is 0 Å². The number of benzene rings is 1. The van der Waals surface area contributed by atoms with Gasteiger partial charge in [-0.2, -0.15) is 0 Å². The third kappa shape index (κ3) is 7.82. The van der Waals surface area contributed by atoms with Crippen LogP contribution in [-0.2, 0) is 11.2 Å². The Morgan fingerprint density at radius 1 is 1.13 bits per heavy atom. The Labute approximate surface area is 146 Å². The van der Waals surface area contributed by atoms with E-state index in [2.05, 4.69) is 29.0 Å². The highest BCUT2D eigenvalue weighted by Gasteiger charge is 2.12. The monoisotopic (exact) mass is 340 g/mol. The number of ether oxygens (including phenoxy) is 1. The summed E-state index contributed by atoms with van der Waals surface area (Å²) >= 11 is 0. The molecule has 1 heterocycles. The number of carbonyl (C=O) groups is 1. The Bertz CT molecular complexity index is 457. The number of hydrogen-bond acceptors (Lipinski definition) is 4. The van der Waals surface area contributed by atoms with Gasteiger partial charge in [-0.1, -0.05) is 12.1 Å². The van der Waals surface area contributed by atoms with Gasteiger partial charge >= 0.3 is 0 Å². The van der Waals surface area contributed by atoms with Crippen LogP contribution in [0.4, 0.5) is 0 Å². The van der Waals surface area contributed by atoms with Gasteiger partial charge in [0.05, 0.1) is 6.61 Å². The van der Waals surface area contributed by atoms with Crippen LogP contribution >= 0.6 is 12.4 Å². The largest absolute Gasteiger partial charge is 0.494 e. The molecular weight excluding hydrogens is 312 g/mol. The van der Waals surface area contributed by atoms with E-state index in [0.29, 0.717) is 6.42 Å². The van der Waals surface area contributed by atoms with Crippen molar-refractivity contribution in [3.05, 3.63) is 29.8 Å². The number of carbonyl (C=O) groups excluding carboxylic acids is 1. The van der Waals surface area contributed by atoms with Gasteiger partial charge in [0, 0.05) is 39.1 Å². The summed E-state index contributed by atoms with van der Waals surface area (Å²) in [6.45, 7) is 8.19. The van der Waals surface area contributed by atoms with E-state index in [-0.39, 0.29) is 18.2 Å². The first kappa shape index (κ1) is 19.9. The fourth-order valence-electron chi connectivity index (χ4n) is 2.62. The normalized spacial score (nSPS) is 15.9. The maximum Gasteiger partial charge on any atom is 0.130 e. The molecule has 1 aliphatic rings. The van der Waals surface area contributed by atoms with Crippen LogP contribution in [-0.4, -0.2) is 62.0 Å². The quantitative estimate of drug-likeness (QED) is 0.681. The standard InChI is InChI=1S/C18H28N2O2.ClH/c1-16(21)4-5-17-6-8-18(9-7-17)22-15-3-10-20-13-11-19(2)12-14-20;/h6-9H,3-5,10-15H2,1-2H3;1H. The number of hydrogen-bond donors (Lipinski definition) is 0. The second-order valence-electron chi connectivity index (χ2n) is 6.19. The van der Waals surface area contributed by atoms with Crippen LogP contribution in [0.2, 0.25) is 0 Å². The molecule has 0 radical (unpaired) electrons. The van der Waals surface area contributed by atoms with Crippen LogP contribution in [0, 0.1) is 0 Å². The van der Waals surface area contributed by atoms with Gasteiger partial charge in [-0.05, 0) is 44.5 Å². The molecule has 1 aromatic carbocycles. The van der Waals surface area contributed by atoms with Crippen molar-refractivity contribution >= 4 is 18.2 Å². The van der Waals surface area contributed by atoms with Gasteiger partial charge in [0.2, 0.25) is 0 Å². The lowest BCUT2D eigenvalue weighted by atomic mass is 10.1. The highest BCUT2D eigenvalue weighted by Crippen LogP contribution is 2.14. The van der Waals surface area contributed by atoms with Crippen LogP contribution in [0.15, 0.2) is 24.3 Å². The molecule has 23 heavy (non-hydrogen) atoms. The zero-order valence-corrected chi connectivity index (χ0v) is 15.1. The Hall–Kier alpha value is -1.10. The highest BCUT2D eigenvalue weighted by molar-refractivity contribution is 5.85. The predicted molar refractivity (Wildman–Crippen MR) is 96.7 cm³/mol. The van der Waals surface area contributed by atoms with Crippen molar-refractivity contribution in [2.75, 3.05) is 46.4 Å². The third-order valence-electron chi connectivity index (χ3n) is 4.17. The summed E-state index contributed by atoms with van der Waals surface area (Å²) in [4.78, 5) is 15.9. The topological polar surface area (TPSA) is 32.8 Å². The van der Waals surface area contributed by atoms with Crippen LogP contribution < -0.4 is 4.74 Å². The first-order valence-corrected chi connectivity index (χ1v) is 8.25. The van der Waals surface area contributed by atoms with E-state index in [0.717, 1.165) is 31.7 Å². The molecule has 1 saturated heterocycles. The maximum absolute atomic E-state index is 11.0. The van der Waals surface area contributed by atoms with Gasteiger partial charge < -0.3 is 19.3 Å². The molecule has 1 aromatic rings. The van der Waals surface area contributed by atoms with Gasteiger partial charge in [0.25, 0.3) is 0 Å². The lowest BCUT2D eigenvalue weighted by Crippen LogP contribution is -2.44. The number of halogens is 1. The molecule has 0 bridgehead atoms. The van der Waals surface area contributed by atoms with E-state index in [1.807, 2.05) is 12.1 Å². The summed E-state index contributed by atoms with van der Waals surface area (Å²) in [5, 5.41) is 0. The molecule has 5 heteroatoms. The molecule has 130 valence electrons. The molecule has 1 fully saturated rings. The average molecular weight is 341 g/mol. The Morgan fingerprint density at radius 2 is 1.78 bits per heavy atom. The minimum absolute atomic E-state index is 0. The first-order valence-electron chi connectivity index (χ1n) is 8.25. The smallest absolute Gasteiger partial charge is 0.130 e. The molecule has 0 saturated carbocycles. The van der Waals surface area contributed by atoms with Gasteiger partial charge in [-0.25, -0.2) is 0 Å². The Balaban J connectivity index is 0.00000264. The first-order chi connectivity index (χ1) is 10.6. The molecule has 0 N–H and O–H groups in total. The number of piperazine rings is 1. The van der Waals surface area contributed by atoms with Crippen LogP contribution in [0.5, 0.6) is 5.75 Å². The molecule has 0 unspecified atom stereocenters. The van der Waals surface area contributed by atoms with E-state index in [9.17, 15) is 4.79 Å². The third-order valence-corrected chi connectivity index (χ3v) is 4.17. The van der Waals surface area contributed by atoms with Gasteiger partial charge in [-0.15, -0.1) is 12.4 Å². The molecule has 0 amide bonds. The van der Waals surface area contributed by atoms with Crippen molar-refractivity contribution < 1.29 is 9.53 Å². The minimum atomic E-state index is 0. The van der Waals surface area contributed by atoms with E-state index < -0.39 is 0 Å². The van der Waals surface area contributed by atoms with E-state index in [4.69, 9.17) is 4.74 Å². The Kier molecular flexibility index (Phi) is 9.22. The van der Waals surface area contributed by atoms with Crippen molar-refractivity contribution in [2.24, 2.45) is 0 Å². The number of nitrogens with zero attached hydrogens (tertiary/aromatic N) is 2. The van der Waals surface area contributed by atoms with Crippen molar-refractivity contribution in [2.45, 2.75) is 26.2 Å². The average Bonchev–Trinajstić information content (AvgIpc) is 2.52. The van der Waals surface area contributed by atoms with Gasteiger partial charge in [0.15, 0.2) is 0 Å². The number of aryl methyl sites for hydroxylation is 1. The zero-order chi connectivity index (χ0) is 15.8. The number of Topliss-reactive ketones (excluding diaryl/α,β-unsaturated/α-hetero) is 1. The summed E-state index contributed by atoms with van der Waals surface area (Å²) in [7, 11) is 2.18. The number of ketones is 1. The van der Waals surface area contributed by atoms with Crippen LogP contribution in [0.25, 0.3) is 0 Å². The molecule has 1 aliphatic heterocycles. The summed E-state index contributed by atoms with van der Waals surface area (Å²) in [6.07, 6.45) is 2.50. The molecule has 4 nitrogen and oxygen atoms in total. The summed E-state index contributed by atoms with van der Waals surface area (Å²) < 4.78 is 5.79. The van der Waals surface area contributed by atoms with Crippen molar-refractivity contribution in [3.8, 4) is 5.75 Å². The van der Waals surface area contributed by atoms with E-state index >= 15 is 0 Å². The number of likely N-dealkylation sites (N-methyl/N-ethyl adjacent to an activating group) is 1. The molecule has 0 spiro atoms. The lowest BCUT2D eigenvalue weighted by molar-refractivity contribution is -0.116. The zero-order valence-electron chi connectivity index (χ0n) is 14.3. The second kappa shape index (κ2) is 10.6. The molecular formula is C18H29ClN2O2. The fraction of sp³-hybridized carbons (Fsp3) is 0.611. The summed E-state index contributed by atoms with van der Waals surface area (Å²) in [6, 6.07) is 8.12. The predicted octanol–water partition coefficient (Wildman–Crippen LogP) is 2.65. The summed E-state index contributed by atoms with van der Waals surface area (Å²) in [5.41, 5.74) is 1.19.